The van der Waals surface area contributed by atoms with Crippen LogP contribution in [0, 0.1) is 6.92 Å². The predicted molar refractivity (Wildman–Crippen MR) is 125 cm³/mol. The summed E-state index contributed by atoms with van der Waals surface area (Å²) >= 11 is 0. The van der Waals surface area contributed by atoms with Crippen LogP contribution in [0.15, 0.2) is 36.1 Å². The highest BCUT2D eigenvalue weighted by Crippen LogP contribution is 2.44. The molecular weight excluding hydrogens is 420 g/mol. The number of allylic oxidation sites excluding steroid dienone is 1. The Morgan fingerprint density at radius 3 is 2.76 bits per heavy atom. The Morgan fingerprint density at radius 1 is 1.12 bits per heavy atom. The van der Waals surface area contributed by atoms with Gasteiger partial charge in [-0.1, -0.05) is 12.1 Å². The topological polar surface area (TPSA) is 60.5 Å². The first kappa shape index (κ1) is 21.9. The molecule has 0 aromatic heterocycles. The third kappa shape index (κ3) is 4.62. The van der Waals surface area contributed by atoms with E-state index in [9.17, 15) is 4.79 Å². The lowest BCUT2D eigenvalue weighted by molar-refractivity contribution is 0.0329. The lowest BCUT2D eigenvalue weighted by atomic mass is 9.98. The number of rotatable bonds is 6. The second-order valence-corrected chi connectivity index (χ2v) is 8.72. The van der Waals surface area contributed by atoms with Crippen LogP contribution in [-0.4, -0.2) is 68.8 Å². The van der Waals surface area contributed by atoms with E-state index >= 15 is 0 Å². The Bertz CT molecular complexity index is 1070. The van der Waals surface area contributed by atoms with Crippen molar-refractivity contribution in [3.05, 3.63) is 58.3 Å². The van der Waals surface area contributed by atoms with Gasteiger partial charge in [0, 0.05) is 26.2 Å². The molecule has 0 saturated carbocycles. The fourth-order valence-corrected chi connectivity index (χ4v) is 4.64. The molecule has 174 valence electrons. The second-order valence-electron chi connectivity index (χ2n) is 8.72. The minimum absolute atomic E-state index is 0.0856. The normalized spacial score (nSPS) is 19.7. The Hall–Kier alpha value is -2.87. The highest BCUT2D eigenvalue weighted by Gasteiger charge is 2.35. The predicted octanol–water partition coefficient (Wildman–Crippen LogP) is 3.49. The van der Waals surface area contributed by atoms with E-state index in [1.54, 1.807) is 13.2 Å². The number of morpholine rings is 1. The van der Waals surface area contributed by atoms with Crippen molar-refractivity contribution in [2.75, 3.05) is 53.2 Å². The summed E-state index contributed by atoms with van der Waals surface area (Å²) in [7, 11) is 1.63. The Morgan fingerprint density at radius 2 is 1.94 bits per heavy atom. The van der Waals surface area contributed by atoms with Crippen molar-refractivity contribution in [2.24, 2.45) is 0 Å². The molecule has 2 aromatic carbocycles. The summed E-state index contributed by atoms with van der Waals surface area (Å²) in [6, 6.07) is 9.55. The van der Waals surface area contributed by atoms with E-state index in [0.29, 0.717) is 30.3 Å². The van der Waals surface area contributed by atoms with E-state index in [1.807, 2.05) is 37.3 Å². The molecule has 3 aliphatic heterocycles. The molecule has 7 nitrogen and oxygen atoms in total. The third-order valence-electron chi connectivity index (χ3n) is 6.43. The van der Waals surface area contributed by atoms with Gasteiger partial charge < -0.3 is 18.9 Å². The minimum atomic E-state index is -0.0856. The number of hydrogen-bond donors (Lipinski definition) is 0. The summed E-state index contributed by atoms with van der Waals surface area (Å²) in [5, 5.41) is 0. The molecule has 0 atom stereocenters. The Balaban J connectivity index is 1.32. The highest BCUT2D eigenvalue weighted by molar-refractivity contribution is 6.15. The summed E-state index contributed by atoms with van der Waals surface area (Å²) in [6.07, 6.45) is 2.84. The van der Waals surface area contributed by atoms with Gasteiger partial charge in [-0.05, 0) is 55.3 Å². The lowest BCUT2D eigenvalue weighted by Gasteiger charge is -2.31. The largest absolute Gasteiger partial charge is 0.497 e. The maximum absolute atomic E-state index is 13.2. The molecule has 1 fully saturated rings. The standard InChI is InChI=1S/C26H30N2O5/c1-18-13-22-21(16-28(17-32-22)8-4-7-27-9-11-31-12-10-27)26-24(18)25(29)23(33-26)15-19-5-3-6-20(14-19)30-2/h3,5-6,13-15H,4,7-12,16-17H2,1-2H3/b23-15-. The van der Waals surface area contributed by atoms with Gasteiger partial charge in [0.05, 0.1) is 31.5 Å². The summed E-state index contributed by atoms with van der Waals surface area (Å²) < 4.78 is 23.0. The number of methoxy groups -OCH3 is 1. The summed E-state index contributed by atoms with van der Waals surface area (Å²) in [5.41, 5.74) is 3.33. The molecule has 3 aliphatic rings. The van der Waals surface area contributed by atoms with E-state index in [2.05, 4.69) is 9.80 Å². The zero-order valence-corrected chi connectivity index (χ0v) is 19.3. The number of benzene rings is 2. The van der Waals surface area contributed by atoms with Crippen molar-refractivity contribution in [2.45, 2.75) is 19.9 Å². The van der Waals surface area contributed by atoms with Crippen LogP contribution in [0.4, 0.5) is 0 Å². The Kier molecular flexibility index (Phi) is 6.35. The van der Waals surface area contributed by atoms with Gasteiger partial charge in [-0.2, -0.15) is 0 Å². The van der Waals surface area contributed by atoms with Crippen molar-refractivity contribution in [3.8, 4) is 17.2 Å². The molecule has 0 spiro atoms. The lowest BCUT2D eigenvalue weighted by Crippen LogP contribution is -2.39. The van der Waals surface area contributed by atoms with E-state index < -0.39 is 0 Å². The third-order valence-corrected chi connectivity index (χ3v) is 6.43. The first-order chi connectivity index (χ1) is 16.1. The molecule has 33 heavy (non-hydrogen) atoms. The molecule has 3 heterocycles. The fraction of sp³-hybridized carbons (Fsp3) is 0.423. The van der Waals surface area contributed by atoms with Gasteiger partial charge in [-0.3, -0.25) is 14.6 Å². The zero-order chi connectivity index (χ0) is 22.8. The van der Waals surface area contributed by atoms with Gasteiger partial charge in [0.1, 0.15) is 24.0 Å². The fourth-order valence-electron chi connectivity index (χ4n) is 4.64. The van der Waals surface area contributed by atoms with Crippen LogP contribution in [0.5, 0.6) is 17.2 Å². The molecule has 5 rings (SSSR count). The molecule has 7 heteroatoms. The Labute approximate surface area is 194 Å². The van der Waals surface area contributed by atoms with Crippen LogP contribution in [0.25, 0.3) is 6.08 Å². The van der Waals surface area contributed by atoms with Gasteiger partial charge in [0.15, 0.2) is 5.76 Å². The van der Waals surface area contributed by atoms with Gasteiger partial charge in [-0.25, -0.2) is 0 Å². The van der Waals surface area contributed by atoms with E-state index in [0.717, 1.165) is 74.0 Å². The van der Waals surface area contributed by atoms with Crippen LogP contribution in [0.2, 0.25) is 0 Å². The highest BCUT2D eigenvalue weighted by atomic mass is 16.5. The molecule has 0 N–H and O–H groups in total. The number of nitrogens with zero attached hydrogens (tertiary/aromatic N) is 2. The molecule has 1 saturated heterocycles. The summed E-state index contributed by atoms with van der Waals surface area (Å²) in [5.74, 6) is 2.44. The number of ketones is 1. The number of ether oxygens (including phenoxy) is 4. The average molecular weight is 451 g/mol. The van der Waals surface area contributed by atoms with Crippen LogP contribution < -0.4 is 14.2 Å². The first-order valence-corrected chi connectivity index (χ1v) is 11.5. The molecule has 0 radical (unpaired) electrons. The average Bonchev–Trinajstić information content (AvgIpc) is 3.17. The van der Waals surface area contributed by atoms with E-state index in [-0.39, 0.29) is 5.78 Å². The monoisotopic (exact) mass is 450 g/mol. The number of aryl methyl sites for hydroxylation is 1. The van der Waals surface area contributed by atoms with E-state index in [4.69, 9.17) is 18.9 Å². The van der Waals surface area contributed by atoms with Gasteiger partial charge in [-0.15, -0.1) is 0 Å². The number of carbonyl (C=O) groups is 1. The molecule has 0 bridgehead atoms. The van der Waals surface area contributed by atoms with Gasteiger partial charge in [0.25, 0.3) is 0 Å². The SMILES string of the molecule is COc1cccc(/C=C2\Oc3c4c(cc(C)c3C2=O)OCN(CCCN2CCOCC2)C4)c1. The second kappa shape index (κ2) is 9.55. The van der Waals surface area contributed by atoms with Crippen molar-refractivity contribution < 1.29 is 23.7 Å². The number of carbonyl (C=O) groups excluding carboxylic acids is 1. The molecule has 0 aliphatic carbocycles. The van der Waals surface area contributed by atoms with Gasteiger partial charge in [0.2, 0.25) is 5.78 Å². The van der Waals surface area contributed by atoms with Crippen LogP contribution in [0.3, 0.4) is 0 Å². The maximum Gasteiger partial charge on any atom is 0.232 e. The zero-order valence-electron chi connectivity index (χ0n) is 19.3. The number of fused-ring (bicyclic) bond motifs is 3. The van der Waals surface area contributed by atoms with E-state index in [1.165, 1.54) is 0 Å². The number of Topliss-reactive ketones (excluding diaryl/α,β-unsaturated/α-hetero) is 1. The minimum Gasteiger partial charge on any atom is -0.497 e. The van der Waals surface area contributed by atoms with Crippen LogP contribution >= 0.6 is 0 Å². The van der Waals surface area contributed by atoms with Crippen molar-refractivity contribution in [3.63, 3.8) is 0 Å². The van der Waals surface area contributed by atoms with Crippen molar-refractivity contribution >= 4 is 11.9 Å². The molecular formula is C26H30N2O5. The summed E-state index contributed by atoms with van der Waals surface area (Å²) in [6.45, 7) is 8.84. The smallest absolute Gasteiger partial charge is 0.232 e. The summed E-state index contributed by atoms with van der Waals surface area (Å²) in [4.78, 5) is 17.9. The van der Waals surface area contributed by atoms with Crippen molar-refractivity contribution in [1.82, 2.24) is 9.80 Å². The number of hydrogen-bond acceptors (Lipinski definition) is 7. The molecule has 0 unspecified atom stereocenters. The van der Waals surface area contributed by atoms with Crippen molar-refractivity contribution in [1.29, 1.82) is 0 Å². The van der Waals surface area contributed by atoms with Gasteiger partial charge >= 0.3 is 0 Å². The molecule has 0 amide bonds. The quantitative estimate of drug-likeness (QED) is 0.625. The first-order valence-electron chi connectivity index (χ1n) is 11.5. The van der Waals surface area contributed by atoms with Crippen LogP contribution in [-0.2, 0) is 11.3 Å². The van der Waals surface area contributed by atoms with Crippen LogP contribution in [0.1, 0.15) is 33.5 Å². The maximum atomic E-state index is 13.2. The molecule has 2 aromatic rings.